The Balaban J connectivity index is 1.57. The van der Waals surface area contributed by atoms with Gasteiger partial charge in [-0.15, -0.1) is 0 Å². The highest BCUT2D eigenvalue weighted by Crippen LogP contribution is 2.42. The van der Waals surface area contributed by atoms with Crippen molar-refractivity contribution in [1.29, 1.82) is 0 Å². The van der Waals surface area contributed by atoms with E-state index in [1.54, 1.807) is 6.20 Å². The average Bonchev–Trinajstić information content (AvgIpc) is 3.68. The van der Waals surface area contributed by atoms with E-state index in [0.29, 0.717) is 53.5 Å². The molecule has 0 bridgehead atoms. The number of hydrogen-bond donors (Lipinski definition) is 3. The molecule has 1 heterocycles. The van der Waals surface area contributed by atoms with E-state index in [4.69, 9.17) is 0 Å². The van der Waals surface area contributed by atoms with Crippen LogP contribution in [0.15, 0.2) is 32.8 Å². The Morgan fingerprint density at radius 2 is 1.83 bits per heavy atom. The zero-order valence-electron chi connectivity index (χ0n) is 20.4. The van der Waals surface area contributed by atoms with E-state index in [9.17, 15) is 18.0 Å². The van der Waals surface area contributed by atoms with Gasteiger partial charge in [-0.3, -0.25) is 14.6 Å². The summed E-state index contributed by atoms with van der Waals surface area (Å²) in [5.74, 6) is 0.579. The first-order chi connectivity index (χ1) is 16.7. The van der Waals surface area contributed by atoms with Crippen molar-refractivity contribution in [3.8, 4) is 0 Å². The predicted octanol–water partition coefficient (Wildman–Crippen LogP) is 3.04. The summed E-state index contributed by atoms with van der Waals surface area (Å²) in [6.45, 7) is 6.71. The molecule has 1 fully saturated rings. The third kappa shape index (κ3) is 4.47. The lowest BCUT2D eigenvalue weighted by atomic mass is 9.86. The topological polar surface area (TPSA) is 117 Å². The van der Waals surface area contributed by atoms with Crippen LogP contribution in [-0.4, -0.2) is 32.5 Å². The van der Waals surface area contributed by atoms with Gasteiger partial charge < -0.3 is 10.6 Å². The van der Waals surface area contributed by atoms with Crippen molar-refractivity contribution in [3.63, 3.8) is 0 Å². The smallest absolute Gasteiger partial charge is 0.253 e. The van der Waals surface area contributed by atoms with Gasteiger partial charge in [0.05, 0.1) is 4.90 Å². The number of benzene rings is 1. The maximum absolute atomic E-state index is 13.7. The highest BCUT2D eigenvalue weighted by Gasteiger charge is 2.32. The number of hydrogen-bond acceptors (Lipinski definition) is 7. The van der Waals surface area contributed by atoms with Crippen LogP contribution in [0, 0.1) is 5.92 Å². The van der Waals surface area contributed by atoms with Crippen molar-refractivity contribution < 1.29 is 8.42 Å². The van der Waals surface area contributed by atoms with Crippen LogP contribution in [0.5, 0.6) is 0 Å². The normalized spacial score (nSPS) is 18.2. The summed E-state index contributed by atoms with van der Waals surface area (Å²) in [6.07, 6.45) is 5.83. The average molecular weight is 497 g/mol. The number of aromatic nitrogens is 1. The number of fused-ring (bicyclic) bond motifs is 2. The molecule has 1 atom stereocenters. The Kier molecular flexibility index (Phi) is 6.17. The standard InChI is InChI=1S/C26H32N4O4S/c1-4-27-22-23(25(32)24(22)31)30-18-8-7-16-9-17-13-28-21(15-5-6-15)11-20(17)26(19(16)10-18)35(33,34)29-12-14(2)3/h9,11,13-15,18,27,29-30H,4-8,10,12H2,1-3H3. The molecule has 0 aliphatic heterocycles. The summed E-state index contributed by atoms with van der Waals surface area (Å²) in [6, 6.07) is 3.87. The van der Waals surface area contributed by atoms with Crippen molar-refractivity contribution in [3.05, 3.63) is 55.6 Å². The van der Waals surface area contributed by atoms with Crippen LogP contribution in [0.2, 0.25) is 0 Å². The van der Waals surface area contributed by atoms with Crippen molar-refractivity contribution in [2.75, 3.05) is 23.7 Å². The Bertz CT molecular complexity index is 1470. The molecule has 3 aromatic rings. The summed E-state index contributed by atoms with van der Waals surface area (Å²) in [4.78, 5) is 29.1. The quantitative estimate of drug-likeness (QED) is 0.390. The van der Waals surface area contributed by atoms with Crippen LogP contribution < -0.4 is 26.2 Å². The lowest BCUT2D eigenvalue weighted by Crippen LogP contribution is -2.41. The second-order valence-electron chi connectivity index (χ2n) is 10.2. The van der Waals surface area contributed by atoms with Crippen molar-refractivity contribution in [1.82, 2.24) is 9.71 Å². The van der Waals surface area contributed by atoms with Gasteiger partial charge in [0.1, 0.15) is 11.4 Å². The minimum atomic E-state index is -3.78. The lowest BCUT2D eigenvalue weighted by molar-refractivity contribution is 0.555. The fourth-order valence-electron chi connectivity index (χ4n) is 4.96. The van der Waals surface area contributed by atoms with Crippen molar-refractivity contribution in [2.24, 2.45) is 5.92 Å². The molecule has 0 radical (unpaired) electrons. The van der Waals surface area contributed by atoms with E-state index in [1.165, 1.54) is 0 Å². The van der Waals surface area contributed by atoms with Gasteiger partial charge in [0.15, 0.2) is 0 Å². The molecular weight excluding hydrogens is 464 g/mol. The highest BCUT2D eigenvalue weighted by molar-refractivity contribution is 7.89. The molecular formula is C26H32N4O4S. The van der Waals surface area contributed by atoms with Gasteiger partial charge in [0, 0.05) is 47.7 Å². The molecule has 1 aromatic heterocycles. The number of nitrogens with zero attached hydrogens (tertiary/aromatic N) is 1. The monoisotopic (exact) mass is 496 g/mol. The van der Waals surface area contributed by atoms with Gasteiger partial charge in [0.2, 0.25) is 10.0 Å². The Morgan fingerprint density at radius 1 is 1.09 bits per heavy atom. The van der Waals surface area contributed by atoms with E-state index in [2.05, 4.69) is 26.4 Å². The largest absolute Gasteiger partial charge is 0.380 e. The van der Waals surface area contributed by atoms with E-state index in [0.717, 1.165) is 41.5 Å². The predicted molar refractivity (Wildman–Crippen MR) is 139 cm³/mol. The fourth-order valence-corrected chi connectivity index (χ4v) is 6.66. The highest BCUT2D eigenvalue weighted by atomic mass is 32.2. The molecule has 1 saturated carbocycles. The number of sulfonamides is 1. The Labute approximate surface area is 205 Å². The maximum Gasteiger partial charge on any atom is 0.253 e. The zero-order valence-corrected chi connectivity index (χ0v) is 21.2. The van der Waals surface area contributed by atoms with E-state index >= 15 is 0 Å². The van der Waals surface area contributed by atoms with Crippen LogP contribution in [0.25, 0.3) is 10.8 Å². The second-order valence-corrected chi connectivity index (χ2v) is 11.9. The van der Waals surface area contributed by atoms with Crippen LogP contribution in [-0.2, 0) is 22.9 Å². The molecule has 3 N–H and O–H groups in total. The first kappa shape index (κ1) is 23.9. The van der Waals surface area contributed by atoms with Gasteiger partial charge in [-0.05, 0) is 68.2 Å². The maximum atomic E-state index is 13.7. The van der Waals surface area contributed by atoms with Crippen LogP contribution in [0.3, 0.4) is 0 Å². The number of pyridine rings is 1. The summed E-state index contributed by atoms with van der Waals surface area (Å²) in [5, 5.41) is 7.75. The first-order valence-corrected chi connectivity index (χ1v) is 14.0. The van der Waals surface area contributed by atoms with Gasteiger partial charge in [0.25, 0.3) is 10.9 Å². The van der Waals surface area contributed by atoms with E-state index < -0.39 is 20.9 Å². The second kappa shape index (κ2) is 9.02. The minimum absolute atomic E-state index is 0.149. The number of nitrogens with one attached hydrogen (secondary N) is 3. The third-order valence-corrected chi connectivity index (χ3v) is 8.51. The van der Waals surface area contributed by atoms with Crippen LogP contribution in [0.1, 0.15) is 62.8 Å². The third-order valence-electron chi connectivity index (χ3n) is 6.96. The number of aryl methyl sites for hydroxylation is 1. The molecule has 2 aromatic carbocycles. The van der Waals surface area contributed by atoms with Crippen LogP contribution in [0.4, 0.5) is 11.4 Å². The molecule has 2 aliphatic rings. The van der Waals surface area contributed by atoms with Gasteiger partial charge in [-0.25, -0.2) is 13.1 Å². The minimum Gasteiger partial charge on any atom is -0.380 e. The molecule has 35 heavy (non-hydrogen) atoms. The van der Waals surface area contributed by atoms with Crippen molar-refractivity contribution >= 4 is 32.2 Å². The Morgan fingerprint density at radius 3 is 2.51 bits per heavy atom. The zero-order chi connectivity index (χ0) is 24.9. The summed E-state index contributed by atoms with van der Waals surface area (Å²) in [5.41, 5.74) is 2.35. The van der Waals surface area contributed by atoms with E-state index in [1.807, 2.05) is 26.8 Å². The number of anilines is 2. The molecule has 0 saturated heterocycles. The van der Waals surface area contributed by atoms with Gasteiger partial charge in [-0.2, -0.15) is 0 Å². The summed E-state index contributed by atoms with van der Waals surface area (Å²) < 4.78 is 30.2. The molecule has 186 valence electrons. The molecule has 5 rings (SSSR count). The molecule has 0 amide bonds. The van der Waals surface area contributed by atoms with Gasteiger partial charge in [-0.1, -0.05) is 13.8 Å². The lowest BCUT2D eigenvalue weighted by Gasteiger charge is -2.30. The van der Waals surface area contributed by atoms with Gasteiger partial charge >= 0.3 is 0 Å². The SMILES string of the molecule is CCNc1c(NC2CCc3cc4cnc(C5CC5)cc4c(S(=O)(=O)NCC(C)C)c3C2)c(=O)c1=O. The first-order valence-electron chi connectivity index (χ1n) is 12.5. The van der Waals surface area contributed by atoms with Crippen LogP contribution >= 0.6 is 0 Å². The summed E-state index contributed by atoms with van der Waals surface area (Å²) >= 11 is 0. The molecule has 9 heteroatoms. The number of rotatable bonds is 9. The molecule has 2 aliphatic carbocycles. The summed E-state index contributed by atoms with van der Waals surface area (Å²) in [7, 11) is -3.78. The Hall–Kier alpha value is -2.78. The van der Waals surface area contributed by atoms with E-state index in [-0.39, 0.29) is 12.0 Å². The van der Waals surface area contributed by atoms with Crippen molar-refractivity contribution in [2.45, 2.75) is 69.7 Å². The molecule has 1 unspecified atom stereocenters. The molecule has 0 spiro atoms. The molecule has 8 nitrogen and oxygen atoms in total. The fraction of sp³-hybridized carbons (Fsp3) is 0.500.